The van der Waals surface area contributed by atoms with Gasteiger partial charge in [-0.15, -0.1) is 5.92 Å². The third-order valence-corrected chi connectivity index (χ3v) is 2.65. The van der Waals surface area contributed by atoms with Crippen LogP contribution in [0.5, 0.6) is 5.75 Å². The maximum atomic E-state index is 10.8. The molecule has 0 aliphatic heterocycles. The maximum absolute atomic E-state index is 10.8. The zero-order chi connectivity index (χ0) is 15.2. The maximum Gasteiger partial charge on any atom is 0.304 e. The van der Waals surface area contributed by atoms with Crippen LogP contribution in [-0.4, -0.2) is 17.7 Å². The lowest BCUT2D eigenvalue weighted by atomic mass is 9.96. The van der Waals surface area contributed by atoms with Crippen molar-refractivity contribution < 1.29 is 14.6 Å². The molecule has 20 heavy (non-hydrogen) atoms. The van der Waals surface area contributed by atoms with Crippen molar-refractivity contribution >= 4 is 5.97 Å². The zero-order valence-electron chi connectivity index (χ0n) is 12.6. The third kappa shape index (κ3) is 5.79. The average molecular weight is 274 g/mol. The van der Waals surface area contributed by atoms with Crippen LogP contribution < -0.4 is 4.74 Å². The molecule has 0 aliphatic rings. The fourth-order valence-electron chi connectivity index (χ4n) is 1.70. The Balaban J connectivity index is 2.77. The number of carboxylic acid groups (broad SMARTS) is 1. The molecular formula is C17H22O3. The lowest BCUT2D eigenvalue weighted by molar-refractivity contribution is -0.137. The number of hydrogen-bond acceptors (Lipinski definition) is 2. The second kappa shape index (κ2) is 7.00. The molecule has 0 bridgehead atoms. The fourth-order valence-corrected chi connectivity index (χ4v) is 1.70. The van der Waals surface area contributed by atoms with Crippen molar-refractivity contribution in [2.24, 2.45) is 5.41 Å². The molecule has 0 aromatic heterocycles. The second-order valence-corrected chi connectivity index (χ2v) is 5.96. The molecule has 3 heteroatoms. The van der Waals surface area contributed by atoms with Crippen molar-refractivity contribution in [1.82, 2.24) is 0 Å². The molecule has 1 aromatic rings. The highest BCUT2D eigenvalue weighted by Crippen LogP contribution is 2.23. The molecule has 0 aliphatic carbocycles. The molecule has 0 saturated carbocycles. The van der Waals surface area contributed by atoms with Crippen LogP contribution in [0.1, 0.15) is 45.6 Å². The Kier molecular flexibility index (Phi) is 5.64. The molecule has 108 valence electrons. The minimum atomic E-state index is -0.842. The van der Waals surface area contributed by atoms with Gasteiger partial charge in [-0.05, 0) is 30.0 Å². The van der Waals surface area contributed by atoms with Crippen LogP contribution >= 0.6 is 0 Å². The first-order valence-electron chi connectivity index (χ1n) is 6.68. The van der Waals surface area contributed by atoms with Gasteiger partial charge in [-0.1, -0.05) is 38.8 Å². The minimum Gasteiger partial charge on any atom is -0.493 e. The average Bonchev–Trinajstić information content (AvgIpc) is 2.35. The van der Waals surface area contributed by atoms with Gasteiger partial charge in [-0.25, -0.2) is 0 Å². The number of ether oxygens (including phenoxy) is 1. The van der Waals surface area contributed by atoms with Crippen LogP contribution in [0.2, 0.25) is 0 Å². The summed E-state index contributed by atoms with van der Waals surface area (Å²) in [5.74, 6) is 5.40. The Labute approximate surface area is 121 Å². The van der Waals surface area contributed by atoms with E-state index >= 15 is 0 Å². The first-order chi connectivity index (χ1) is 9.31. The van der Waals surface area contributed by atoms with Gasteiger partial charge in [-0.3, -0.25) is 4.79 Å². The van der Waals surface area contributed by atoms with Gasteiger partial charge in [0.25, 0.3) is 0 Å². The number of hydrogen-bond donors (Lipinski definition) is 1. The molecule has 0 unspecified atom stereocenters. The molecule has 0 amide bonds. The van der Waals surface area contributed by atoms with E-state index in [2.05, 4.69) is 32.6 Å². The summed E-state index contributed by atoms with van der Waals surface area (Å²) in [5.41, 5.74) is 1.02. The predicted molar refractivity (Wildman–Crippen MR) is 79.8 cm³/mol. The normalized spacial score (nSPS) is 12.2. The van der Waals surface area contributed by atoms with Crippen LogP contribution in [0.15, 0.2) is 24.3 Å². The van der Waals surface area contributed by atoms with Crippen LogP contribution in [-0.2, 0) is 4.79 Å². The highest BCUT2D eigenvalue weighted by atomic mass is 16.5. The van der Waals surface area contributed by atoms with Crippen LogP contribution in [0, 0.1) is 17.3 Å². The lowest BCUT2D eigenvalue weighted by Crippen LogP contribution is -2.16. The number of rotatable bonds is 5. The Morgan fingerprint density at radius 3 is 2.35 bits per heavy atom. The van der Waals surface area contributed by atoms with E-state index in [0.29, 0.717) is 6.61 Å². The summed E-state index contributed by atoms with van der Waals surface area (Å²) in [6.45, 7) is 8.69. The number of carboxylic acids is 1. The second-order valence-electron chi connectivity index (χ2n) is 5.96. The molecule has 0 saturated heterocycles. The molecule has 0 heterocycles. The Bertz CT molecular complexity index is 498. The summed E-state index contributed by atoms with van der Waals surface area (Å²) in [4.78, 5) is 10.8. The first kappa shape index (κ1) is 16.1. The molecule has 0 spiro atoms. The van der Waals surface area contributed by atoms with Crippen molar-refractivity contribution in [3.63, 3.8) is 0 Å². The molecule has 3 nitrogen and oxygen atoms in total. The highest BCUT2D eigenvalue weighted by Gasteiger charge is 2.14. The van der Waals surface area contributed by atoms with Crippen LogP contribution in [0.4, 0.5) is 0 Å². The minimum absolute atomic E-state index is 0.0169. The van der Waals surface area contributed by atoms with Gasteiger partial charge in [0.1, 0.15) is 5.75 Å². The Hall–Kier alpha value is -1.95. The van der Waals surface area contributed by atoms with Gasteiger partial charge in [0.05, 0.1) is 18.9 Å². The zero-order valence-corrected chi connectivity index (χ0v) is 12.6. The van der Waals surface area contributed by atoms with E-state index in [1.165, 1.54) is 0 Å². The Morgan fingerprint density at radius 2 is 1.90 bits per heavy atom. The fraction of sp³-hybridized carbons (Fsp3) is 0.471. The molecule has 0 fully saturated rings. The molecule has 1 aromatic carbocycles. The summed E-state index contributed by atoms with van der Waals surface area (Å²) in [5, 5.41) is 8.91. The van der Waals surface area contributed by atoms with E-state index in [0.717, 1.165) is 11.3 Å². The summed E-state index contributed by atoms with van der Waals surface area (Å²) in [7, 11) is 0. The molecule has 1 N–H and O–H groups in total. The van der Waals surface area contributed by atoms with E-state index in [9.17, 15) is 4.79 Å². The molecule has 0 radical (unpaired) electrons. The predicted octanol–water partition coefficient (Wildman–Crippen LogP) is 3.69. The van der Waals surface area contributed by atoms with E-state index < -0.39 is 5.97 Å². The van der Waals surface area contributed by atoms with E-state index in [1.54, 1.807) is 6.92 Å². The summed E-state index contributed by atoms with van der Waals surface area (Å²) < 4.78 is 5.69. The summed E-state index contributed by atoms with van der Waals surface area (Å²) in [6, 6.07) is 7.51. The van der Waals surface area contributed by atoms with Crippen molar-refractivity contribution in [3.05, 3.63) is 29.8 Å². The highest BCUT2D eigenvalue weighted by molar-refractivity contribution is 5.69. The molecule has 1 atom stereocenters. The first-order valence-corrected chi connectivity index (χ1v) is 6.68. The summed E-state index contributed by atoms with van der Waals surface area (Å²) >= 11 is 0. The summed E-state index contributed by atoms with van der Waals surface area (Å²) in [6.07, 6.45) is 0.0169. The van der Waals surface area contributed by atoms with Gasteiger partial charge >= 0.3 is 5.97 Å². The van der Waals surface area contributed by atoms with E-state index in [-0.39, 0.29) is 17.8 Å². The van der Waals surface area contributed by atoms with Gasteiger partial charge in [-0.2, -0.15) is 0 Å². The quantitative estimate of drug-likeness (QED) is 0.833. The standard InChI is InChI=1S/C17H22O3/c1-5-6-14(11-16(18)19)13-7-9-15(10-8-13)20-12-17(2,3)4/h7-10,14H,11-12H2,1-4H3,(H,18,19)/t14-/m0/s1. The SMILES string of the molecule is CC#C[C@@H](CC(=O)O)c1ccc(OCC(C)(C)C)cc1. The van der Waals surface area contributed by atoms with Crippen molar-refractivity contribution in [2.45, 2.75) is 40.0 Å². The molecular weight excluding hydrogens is 252 g/mol. The number of carbonyl (C=O) groups is 1. The van der Waals surface area contributed by atoms with Gasteiger partial charge in [0.2, 0.25) is 0 Å². The smallest absolute Gasteiger partial charge is 0.304 e. The van der Waals surface area contributed by atoms with Crippen LogP contribution in [0.25, 0.3) is 0 Å². The largest absolute Gasteiger partial charge is 0.493 e. The third-order valence-electron chi connectivity index (χ3n) is 2.65. The number of aliphatic carboxylic acids is 1. The van der Waals surface area contributed by atoms with E-state index in [1.807, 2.05) is 24.3 Å². The van der Waals surface area contributed by atoms with Crippen LogP contribution in [0.3, 0.4) is 0 Å². The van der Waals surface area contributed by atoms with Gasteiger partial charge in [0.15, 0.2) is 0 Å². The van der Waals surface area contributed by atoms with Crippen molar-refractivity contribution in [3.8, 4) is 17.6 Å². The molecule has 1 rings (SSSR count). The monoisotopic (exact) mass is 274 g/mol. The lowest BCUT2D eigenvalue weighted by Gasteiger charge is -2.19. The number of benzene rings is 1. The topological polar surface area (TPSA) is 46.5 Å². The van der Waals surface area contributed by atoms with Gasteiger partial charge < -0.3 is 9.84 Å². The van der Waals surface area contributed by atoms with Crippen molar-refractivity contribution in [2.75, 3.05) is 6.61 Å². The van der Waals surface area contributed by atoms with Gasteiger partial charge in [0, 0.05) is 0 Å². The van der Waals surface area contributed by atoms with Crippen molar-refractivity contribution in [1.29, 1.82) is 0 Å². The van der Waals surface area contributed by atoms with E-state index in [4.69, 9.17) is 9.84 Å². The Morgan fingerprint density at radius 1 is 1.30 bits per heavy atom.